The number of aromatic hydroxyl groups is 1. The normalized spacial score (nSPS) is 10.6. The van der Waals surface area contributed by atoms with Crippen molar-refractivity contribution in [3.8, 4) is 34.3 Å². The van der Waals surface area contributed by atoms with Crippen molar-refractivity contribution in [1.82, 2.24) is 19.9 Å². The standard InChI is InChI=1S/C17H15ClN4O2S.C15H14ClN3O2S.C2H2BrN/c1-9(2)20-17-22-12(7-25-17)11-6-13(23)10-4-5-14(24-8-19-3)15(18)16(10)21-11;1-7(2)17-15-19-10(6-22-15)9-5-12(21)8-3-4-11(20)13(16)14(8)18-9;1-4-2-3/h4-7,9H,8H2,1-2H3,(H,20,22)(H,21,23);3-7,20H,1-2H3,(H,17,19)(H,18,21);2H2. The molecule has 51 heavy (non-hydrogen) atoms. The minimum absolute atomic E-state index is 0.0672. The molecule has 264 valence electrons. The Morgan fingerprint density at radius 1 is 0.843 bits per heavy atom. The number of hydrogen-bond donors (Lipinski definition) is 5. The number of benzene rings is 2. The molecule has 0 radical (unpaired) electrons. The van der Waals surface area contributed by atoms with Crippen LogP contribution in [0.15, 0.2) is 56.7 Å². The number of H-pyrrole nitrogens is 2. The second-order valence-corrected chi connectivity index (χ2v) is 14.1. The van der Waals surface area contributed by atoms with E-state index in [1.807, 2.05) is 38.5 Å². The molecule has 17 heteroatoms. The summed E-state index contributed by atoms with van der Waals surface area (Å²) in [4.78, 5) is 45.9. The van der Waals surface area contributed by atoms with Crippen LogP contribution in [0.2, 0.25) is 10.0 Å². The Labute approximate surface area is 319 Å². The minimum Gasteiger partial charge on any atom is -0.506 e. The van der Waals surface area contributed by atoms with E-state index in [1.165, 1.54) is 40.9 Å². The molecule has 0 bridgehead atoms. The van der Waals surface area contributed by atoms with Crippen LogP contribution in [0, 0.1) is 13.1 Å². The zero-order valence-corrected chi connectivity index (χ0v) is 32.3. The first-order valence-electron chi connectivity index (χ1n) is 15.1. The molecule has 2 aromatic carbocycles. The van der Waals surface area contributed by atoms with Gasteiger partial charge < -0.3 is 35.3 Å². The highest BCUT2D eigenvalue weighted by molar-refractivity contribution is 9.09. The second-order valence-electron chi connectivity index (χ2n) is 11.1. The van der Waals surface area contributed by atoms with Gasteiger partial charge in [0.15, 0.2) is 21.1 Å². The lowest BCUT2D eigenvalue weighted by Crippen LogP contribution is -2.09. The van der Waals surface area contributed by atoms with Gasteiger partial charge in [-0.15, -0.1) is 22.7 Å². The number of nitrogens with zero attached hydrogens (tertiary/aromatic N) is 4. The Hall–Kier alpha value is -4.64. The third-order valence-electron chi connectivity index (χ3n) is 6.56. The topological polar surface area (TPSA) is 154 Å². The maximum Gasteiger partial charge on any atom is 0.357 e. The Morgan fingerprint density at radius 3 is 1.76 bits per heavy atom. The number of fused-ring (bicyclic) bond motifs is 2. The van der Waals surface area contributed by atoms with Crippen LogP contribution >= 0.6 is 61.8 Å². The third-order valence-corrected chi connectivity index (χ3v) is 9.11. The number of aromatic nitrogens is 4. The Balaban J connectivity index is 0.000000208. The van der Waals surface area contributed by atoms with Crippen molar-refractivity contribution in [1.29, 1.82) is 0 Å². The lowest BCUT2D eigenvalue weighted by atomic mass is 10.1. The van der Waals surface area contributed by atoms with E-state index in [9.17, 15) is 14.7 Å². The maximum atomic E-state index is 12.4. The fourth-order valence-corrected chi connectivity index (χ4v) is 6.64. The van der Waals surface area contributed by atoms with Crippen LogP contribution in [0.5, 0.6) is 11.5 Å². The number of pyridine rings is 2. The van der Waals surface area contributed by atoms with Crippen molar-refractivity contribution in [3.63, 3.8) is 0 Å². The number of anilines is 2. The molecule has 12 nitrogen and oxygen atoms in total. The van der Waals surface area contributed by atoms with Crippen molar-refractivity contribution in [2.75, 3.05) is 22.8 Å². The van der Waals surface area contributed by atoms with Gasteiger partial charge >= 0.3 is 6.73 Å². The van der Waals surface area contributed by atoms with Crippen molar-refractivity contribution < 1.29 is 9.84 Å². The summed E-state index contributed by atoms with van der Waals surface area (Å²) < 4.78 is 5.30. The van der Waals surface area contributed by atoms with Gasteiger partial charge in [-0.3, -0.25) is 14.4 Å². The predicted octanol–water partition coefficient (Wildman–Crippen LogP) is 9.47. The van der Waals surface area contributed by atoms with Crippen molar-refractivity contribution in [2.45, 2.75) is 39.8 Å². The smallest absolute Gasteiger partial charge is 0.357 e. The van der Waals surface area contributed by atoms with Gasteiger partial charge in [0.05, 0.1) is 33.8 Å². The molecule has 5 N–H and O–H groups in total. The number of ether oxygens (including phenoxy) is 1. The fourth-order valence-electron chi connectivity index (χ4n) is 4.45. The highest BCUT2D eigenvalue weighted by Gasteiger charge is 2.15. The van der Waals surface area contributed by atoms with Gasteiger partial charge in [0.1, 0.15) is 21.5 Å². The van der Waals surface area contributed by atoms with Gasteiger partial charge in [-0.05, 0) is 52.0 Å². The molecule has 6 rings (SSSR count). The quantitative estimate of drug-likeness (QED) is 0.0578. The summed E-state index contributed by atoms with van der Waals surface area (Å²) in [5, 5.41) is 22.7. The number of phenols is 1. The lowest BCUT2D eigenvalue weighted by Gasteiger charge is -2.08. The predicted molar refractivity (Wildman–Crippen MR) is 213 cm³/mol. The van der Waals surface area contributed by atoms with Crippen LogP contribution in [-0.4, -0.2) is 49.3 Å². The van der Waals surface area contributed by atoms with Gasteiger partial charge in [-0.2, -0.15) is 0 Å². The number of rotatable bonds is 8. The molecule has 0 unspecified atom stereocenters. The number of hydrogen-bond acceptors (Lipinski definition) is 10. The van der Waals surface area contributed by atoms with E-state index < -0.39 is 0 Å². The molecule has 0 saturated carbocycles. The third kappa shape index (κ3) is 10.00. The van der Waals surface area contributed by atoms with Crippen LogP contribution in [0.4, 0.5) is 10.3 Å². The largest absolute Gasteiger partial charge is 0.506 e. The zero-order chi connectivity index (χ0) is 37.2. The van der Waals surface area contributed by atoms with Gasteiger partial charge in [0.25, 0.3) is 5.45 Å². The van der Waals surface area contributed by atoms with E-state index >= 15 is 0 Å². The first-order valence-corrected chi connectivity index (χ1v) is 18.7. The van der Waals surface area contributed by atoms with E-state index in [0.717, 1.165) is 10.3 Å². The van der Waals surface area contributed by atoms with Gasteiger partial charge in [0.2, 0.25) is 0 Å². The van der Waals surface area contributed by atoms with Crippen LogP contribution in [0.3, 0.4) is 0 Å². The summed E-state index contributed by atoms with van der Waals surface area (Å²) in [7, 11) is 0. The van der Waals surface area contributed by atoms with Crippen LogP contribution < -0.4 is 26.2 Å². The molecule has 4 aromatic heterocycles. The summed E-state index contributed by atoms with van der Waals surface area (Å²) in [6.07, 6.45) is 0. The fraction of sp³-hybridized carbons (Fsp3) is 0.235. The number of phenolic OH excluding ortho intramolecular Hbond substituents is 1. The molecular formula is C34H31BrCl2N8O4S2. The lowest BCUT2D eigenvalue weighted by molar-refractivity contribution is 0.362. The first kappa shape index (κ1) is 39.2. The second kappa shape index (κ2) is 18.0. The molecular weight excluding hydrogens is 799 g/mol. The van der Waals surface area contributed by atoms with E-state index in [1.54, 1.807) is 18.2 Å². The molecule has 0 fully saturated rings. The van der Waals surface area contributed by atoms with Crippen molar-refractivity contribution in [2.24, 2.45) is 0 Å². The van der Waals surface area contributed by atoms with Gasteiger partial charge in [0, 0.05) is 61.7 Å². The average Bonchev–Trinajstić information content (AvgIpc) is 3.76. The molecule has 6 aromatic rings. The Bertz CT molecular complexity index is 2360. The number of halogens is 3. The first-order chi connectivity index (χ1) is 24.4. The molecule has 0 saturated heterocycles. The van der Waals surface area contributed by atoms with Crippen molar-refractivity contribution in [3.05, 3.63) is 100 Å². The summed E-state index contributed by atoms with van der Waals surface area (Å²) in [6, 6.07) is 9.73. The maximum absolute atomic E-state index is 12.4. The van der Waals surface area contributed by atoms with Crippen molar-refractivity contribution >= 4 is 93.9 Å². The molecule has 0 aliphatic rings. The number of nitrogens with one attached hydrogen (secondary N) is 4. The minimum atomic E-state index is -0.169. The van der Waals surface area contributed by atoms with E-state index in [0.29, 0.717) is 55.8 Å². The summed E-state index contributed by atoms with van der Waals surface area (Å²) in [5.41, 5.74) is 3.45. The number of aromatic amines is 2. The SMILES string of the molecule is CC(C)Nc1nc(-c2cc(=O)c3ccc(O)c(Cl)c3[nH]2)cs1.[C-]#[N+]CBr.[C-]#[N+]COc1ccc2c(=O)cc(-c3csc(NC(C)C)n3)[nH]c2c1Cl. The number of thiazole rings is 2. The molecule has 0 amide bonds. The molecule has 4 heterocycles. The summed E-state index contributed by atoms with van der Waals surface area (Å²) in [5.74, 6) is 0.292. The van der Waals surface area contributed by atoms with E-state index in [4.69, 9.17) is 41.1 Å². The summed E-state index contributed by atoms with van der Waals surface area (Å²) >= 11 is 18.3. The highest BCUT2D eigenvalue weighted by Crippen LogP contribution is 2.33. The molecule has 0 aliphatic carbocycles. The molecule has 0 spiro atoms. The van der Waals surface area contributed by atoms with Gasteiger partial charge in [-0.1, -0.05) is 23.2 Å². The highest BCUT2D eigenvalue weighted by atomic mass is 79.9. The summed E-state index contributed by atoms with van der Waals surface area (Å²) in [6.45, 7) is 20.8. The van der Waals surface area contributed by atoms with Gasteiger partial charge in [-0.25, -0.2) is 23.1 Å². The van der Waals surface area contributed by atoms with Crippen LogP contribution in [0.25, 0.3) is 54.3 Å². The molecule has 0 aliphatic heterocycles. The van der Waals surface area contributed by atoms with E-state index in [2.05, 4.69) is 56.2 Å². The average molecular weight is 831 g/mol. The molecule has 0 atom stereocenters. The van der Waals surface area contributed by atoms with Crippen LogP contribution in [-0.2, 0) is 0 Å². The monoisotopic (exact) mass is 828 g/mol. The van der Waals surface area contributed by atoms with Crippen LogP contribution in [0.1, 0.15) is 27.7 Å². The zero-order valence-electron chi connectivity index (χ0n) is 27.6. The Kier molecular flexibility index (Phi) is 13.8. The van der Waals surface area contributed by atoms with E-state index in [-0.39, 0.29) is 45.5 Å². The number of alkyl halides is 1. The Morgan fingerprint density at radius 2 is 1.31 bits per heavy atom.